The van der Waals surface area contributed by atoms with E-state index in [4.69, 9.17) is 39.9 Å². The molecular weight excluding hydrogens is 2250 g/mol. The van der Waals surface area contributed by atoms with Gasteiger partial charge in [-0.15, -0.1) is 283 Å². The van der Waals surface area contributed by atoms with Crippen LogP contribution in [0.2, 0.25) is 0 Å². The molecule has 4 aliphatic rings. The van der Waals surface area contributed by atoms with Gasteiger partial charge in [-0.1, -0.05) is 107 Å². The zero-order valence-electron chi connectivity index (χ0n) is 71.5. The zero-order chi connectivity index (χ0) is 83.7. The monoisotopic (exact) mass is 2340 g/mol. The molecule has 16 aromatic rings. The smallest absolute Gasteiger partial charge is 0.297 e. The quantitative estimate of drug-likeness (QED) is 0.129. The van der Waals surface area contributed by atoms with E-state index in [1.165, 1.54) is 0 Å². The number of hydrogen-bond acceptors (Lipinski definition) is 16. The first-order valence-electron chi connectivity index (χ1n) is 40.3. The van der Waals surface area contributed by atoms with Gasteiger partial charge in [0.2, 0.25) is 0 Å². The summed E-state index contributed by atoms with van der Waals surface area (Å²) in [7, 11) is 0. The Morgan fingerprint density at radius 3 is 0.589 bits per heavy atom. The van der Waals surface area contributed by atoms with E-state index in [1.54, 1.807) is 37.2 Å². The summed E-state index contributed by atoms with van der Waals surface area (Å²) in [5.41, 5.74) is 22.9. The Morgan fingerprint density at radius 2 is 0.363 bits per heavy atom. The van der Waals surface area contributed by atoms with Crippen LogP contribution in [0.1, 0.15) is 201 Å². The Hall–Kier alpha value is -10.8. The summed E-state index contributed by atoms with van der Waals surface area (Å²) in [6, 6.07) is 85.8. The van der Waals surface area contributed by atoms with Crippen LogP contribution < -0.4 is 0 Å². The molecule has 8 aromatic carbocycles. The maximum Gasteiger partial charge on any atom is 2.00 e. The van der Waals surface area contributed by atoms with Gasteiger partial charge in [0.05, 0.1) is 33.6 Å². The molecule has 0 saturated carbocycles. The number of rotatable bonds is 0. The van der Waals surface area contributed by atoms with Crippen molar-refractivity contribution in [3.63, 3.8) is 0 Å². The first-order chi connectivity index (χ1) is 57.4. The number of fused-ring (bicyclic) bond motifs is 40. The number of hydrogen-bond donors (Lipinski definition) is 0. The van der Waals surface area contributed by atoms with Gasteiger partial charge < -0.3 is 0 Å². The van der Waals surface area contributed by atoms with E-state index in [0.29, 0.717) is 11.6 Å². The minimum Gasteiger partial charge on any atom is -0.297 e. The van der Waals surface area contributed by atoms with Crippen LogP contribution >= 0.6 is 0 Å². The summed E-state index contributed by atoms with van der Waals surface area (Å²) in [5, 5.41) is 0. The molecule has 20 heteroatoms. The van der Waals surface area contributed by atoms with Gasteiger partial charge in [0, 0.05) is 119 Å². The Kier molecular flexibility index (Phi) is 26.1. The first-order valence-corrected chi connectivity index (χ1v) is 40.3. The second-order valence-electron chi connectivity index (χ2n) is 35.0. The summed E-state index contributed by atoms with van der Waals surface area (Å²) < 4.78 is 0. The Bertz CT molecular complexity index is 5070. The second-order valence-corrected chi connectivity index (χ2v) is 35.0. The Balaban J connectivity index is 0.000000141. The van der Waals surface area contributed by atoms with Crippen molar-refractivity contribution in [1.82, 2.24) is 79.7 Å². The SMILES string of the molecule is CC1(C)c2[c-]c(ccc2)-c2ccnc(n2)C(C)(C)c2[c-]c(ccc2)-c2ccnc1n2.CC1(C)c2[c-]c(ccc2)-c2ccnc(n2)C(C)(C)c2nccc(n2)-c2[c-]c1ccc2.CC1(C)c2[c-]c(ccc2)-c2cncc(n2)C(C)(C)c2[c-]c(ccc2)-c2cncc1n2.CC1(C)c2[c-]c(ccc2)-c2cncc(n2)C(C)(C)c2cncc(n2)-c2[c-]c1ccc2.[Pt+2].[Pt+2].[Pt+2].[Pt+2]. The molecule has 4 aliphatic heterocycles. The molecule has 0 saturated heterocycles. The molecule has 0 N–H and O–H groups in total. The van der Waals surface area contributed by atoms with Crippen molar-refractivity contribution in [2.24, 2.45) is 0 Å². The molecular formula is C104H88N16Pt4. The Labute approximate surface area is 784 Å². The van der Waals surface area contributed by atoms with E-state index >= 15 is 0 Å². The molecule has 0 atom stereocenters. The van der Waals surface area contributed by atoms with E-state index < -0.39 is 21.7 Å². The van der Waals surface area contributed by atoms with Crippen LogP contribution in [0, 0.1) is 48.5 Å². The maximum atomic E-state index is 4.97. The molecule has 0 spiro atoms. The standard InChI is InChI=1S/4C26H22N4.4Pt/c1-25(2)19-9-5-7-17(11-19)22-14-28-16-24(30-22)26(3,4)20-10-6-8-18(12-20)21-13-27-15-23(25)29-21;1-25(2)19-9-5-7-17(11-19)21-13-27-15-23(29-21)26(3,4)24-16-28-14-22(30-24)18-8-6-10-20(25)12-18;1-25(2)19-9-5-7-17(15-19)22-12-14-28-24(30-22)26(3,4)20-10-6-8-18(16-20)21-11-13-27-23(25)29-21;1-25(2)19-9-5-7-17(15-19)21-11-13-27-23(29-21)26(3,4)24-28-14-12-22(30-24)18-8-6-10-20(25)16-18;;;;/h2*5-10,13-16H,1-4H3;2*5-14H,1-4H3;;;;/q4*-2;4*+2. The summed E-state index contributed by atoms with van der Waals surface area (Å²) in [4.78, 5) is 75.8. The van der Waals surface area contributed by atoms with Crippen molar-refractivity contribution < 1.29 is 84.3 Å². The summed E-state index contributed by atoms with van der Waals surface area (Å²) >= 11 is 0. The van der Waals surface area contributed by atoms with Gasteiger partial charge in [0.25, 0.3) is 0 Å². The van der Waals surface area contributed by atoms with Crippen molar-refractivity contribution >= 4 is 0 Å². The fourth-order valence-corrected chi connectivity index (χ4v) is 15.3. The van der Waals surface area contributed by atoms with Crippen molar-refractivity contribution in [1.29, 1.82) is 0 Å². The third-order valence-corrected chi connectivity index (χ3v) is 23.9. The van der Waals surface area contributed by atoms with Crippen LogP contribution in [0.5, 0.6) is 0 Å². The maximum absolute atomic E-state index is 4.97. The number of aromatic nitrogens is 16. The number of nitrogens with zero attached hydrogens (tertiary/aromatic N) is 16. The average molecular weight is 2340 g/mol. The topological polar surface area (TPSA) is 206 Å². The van der Waals surface area contributed by atoms with E-state index in [-0.39, 0.29) is 106 Å². The zero-order valence-corrected chi connectivity index (χ0v) is 80.6. The van der Waals surface area contributed by atoms with Gasteiger partial charge in [-0.05, 0) is 61.3 Å². The molecule has 624 valence electrons. The van der Waals surface area contributed by atoms with Crippen molar-refractivity contribution in [2.75, 3.05) is 0 Å². The van der Waals surface area contributed by atoms with Crippen LogP contribution in [-0.4, -0.2) is 79.7 Å². The predicted molar refractivity (Wildman–Crippen MR) is 467 cm³/mol. The molecule has 0 radical (unpaired) electrons. The molecule has 20 rings (SSSR count). The van der Waals surface area contributed by atoms with Gasteiger partial charge in [-0.2, -0.15) is 0 Å². The van der Waals surface area contributed by atoms with Gasteiger partial charge in [-0.25, -0.2) is 19.9 Å². The van der Waals surface area contributed by atoms with Crippen molar-refractivity contribution in [3.8, 4) is 90.1 Å². The molecule has 12 heterocycles. The van der Waals surface area contributed by atoms with Crippen LogP contribution in [0.25, 0.3) is 90.1 Å². The van der Waals surface area contributed by atoms with Crippen molar-refractivity contribution in [2.45, 2.75) is 154 Å². The molecule has 16 nitrogen and oxygen atoms in total. The molecule has 0 fully saturated rings. The van der Waals surface area contributed by atoms with E-state index in [2.05, 4.69) is 272 Å². The van der Waals surface area contributed by atoms with Crippen LogP contribution in [0.3, 0.4) is 0 Å². The van der Waals surface area contributed by atoms with Crippen molar-refractivity contribution in [3.05, 3.63) is 383 Å². The second kappa shape index (κ2) is 35.6. The van der Waals surface area contributed by atoms with Crippen LogP contribution in [-0.2, 0) is 128 Å². The van der Waals surface area contributed by atoms with Gasteiger partial charge in [0.15, 0.2) is 0 Å². The molecule has 8 aromatic heterocycles. The van der Waals surface area contributed by atoms with E-state index in [1.807, 2.05) is 134 Å². The first kappa shape index (κ1) is 90.9. The molecule has 124 heavy (non-hydrogen) atoms. The summed E-state index contributed by atoms with van der Waals surface area (Å²) in [6.45, 7) is 34.2. The third-order valence-electron chi connectivity index (χ3n) is 23.9. The normalized spacial score (nSPS) is 15.4. The van der Waals surface area contributed by atoms with Gasteiger partial charge in [-0.3, -0.25) is 59.8 Å². The summed E-state index contributed by atoms with van der Waals surface area (Å²) in [6.07, 6.45) is 21.7. The molecule has 32 bridgehead atoms. The Morgan fingerprint density at radius 1 is 0.177 bits per heavy atom. The largest absolute Gasteiger partial charge is 2.00 e. The molecule has 0 amide bonds. The predicted octanol–water partition coefficient (Wildman–Crippen LogP) is 20.7. The van der Waals surface area contributed by atoms with Crippen LogP contribution in [0.15, 0.2) is 244 Å². The minimum atomic E-state index is -0.551. The number of benzene rings is 8. The fourth-order valence-electron chi connectivity index (χ4n) is 15.3. The van der Waals surface area contributed by atoms with E-state index in [0.717, 1.165) is 169 Å². The average Bonchev–Trinajstić information content (AvgIpc) is 0.777. The fraction of sp³-hybridized carbons (Fsp3) is 0.231. The molecule has 0 aliphatic carbocycles. The van der Waals surface area contributed by atoms with Gasteiger partial charge >= 0.3 is 84.3 Å². The third kappa shape index (κ3) is 17.6. The van der Waals surface area contributed by atoms with Gasteiger partial charge in [0.1, 0.15) is 23.3 Å². The molecule has 0 unspecified atom stereocenters. The van der Waals surface area contributed by atoms with Crippen LogP contribution in [0.4, 0.5) is 0 Å². The minimum absolute atomic E-state index is 0. The van der Waals surface area contributed by atoms with E-state index in [9.17, 15) is 0 Å². The summed E-state index contributed by atoms with van der Waals surface area (Å²) in [5.74, 6) is 2.88.